The van der Waals surface area contributed by atoms with Gasteiger partial charge < -0.3 is 36.5 Å². The molecule has 12 nitrogen and oxygen atoms in total. The number of alkyl halides is 6. The van der Waals surface area contributed by atoms with Gasteiger partial charge in [0.15, 0.2) is 0 Å². The van der Waals surface area contributed by atoms with Gasteiger partial charge in [0.25, 0.3) is 0 Å². The van der Waals surface area contributed by atoms with Crippen molar-refractivity contribution in [2.24, 2.45) is 11.5 Å². The van der Waals surface area contributed by atoms with Crippen molar-refractivity contribution in [3.63, 3.8) is 0 Å². The normalized spacial score (nSPS) is 11.1. The van der Waals surface area contributed by atoms with Crippen LogP contribution in [0.3, 0.4) is 0 Å². The van der Waals surface area contributed by atoms with Gasteiger partial charge in [-0.15, -0.1) is 11.3 Å². The molecule has 0 radical (unpaired) electrons. The average Bonchev–Trinajstić information content (AvgIpc) is 3.25. The Labute approximate surface area is 235 Å². The second-order valence-electron chi connectivity index (χ2n) is 7.53. The molecule has 0 bridgehead atoms. The SMILES string of the molecule is COC(=O)c1sc2ncnc(Nc3ccc(F)cc3OC(CN)CN)c2c1C.O=C(O)C(F)(F)F.O=C(O)C(F)(F)F. The molecule has 0 saturated carbocycles. The number of esters is 1. The summed E-state index contributed by atoms with van der Waals surface area (Å²) < 4.78 is 87.8. The van der Waals surface area contributed by atoms with Crippen molar-refractivity contribution < 1.29 is 64.8 Å². The molecule has 20 heteroatoms. The largest absolute Gasteiger partial charge is 0.490 e. The van der Waals surface area contributed by atoms with Crippen LogP contribution in [0.25, 0.3) is 10.2 Å². The zero-order valence-corrected chi connectivity index (χ0v) is 22.2. The maximum atomic E-state index is 13.7. The Kier molecular flexibility index (Phi) is 12.8. The molecule has 0 fully saturated rings. The molecule has 3 aromatic rings. The van der Waals surface area contributed by atoms with E-state index < -0.39 is 42.2 Å². The van der Waals surface area contributed by atoms with Crippen LogP contribution in [0.15, 0.2) is 24.5 Å². The van der Waals surface area contributed by atoms with E-state index in [1.807, 2.05) is 0 Å². The fraction of sp³-hybridized carbons (Fsp3) is 0.318. The lowest BCUT2D eigenvalue weighted by molar-refractivity contribution is -0.193. The monoisotopic (exact) mass is 633 g/mol. The van der Waals surface area contributed by atoms with E-state index in [2.05, 4.69) is 15.3 Å². The van der Waals surface area contributed by atoms with Crippen LogP contribution >= 0.6 is 11.3 Å². The Bertz CT molecular complexity index is 1370. The zero-order chi connectivity index (χ0) is 32.4. The lowest BCUT2D eigenvalue weighted by atomic mass is 10.2. The van der Waals surface area contributed by atoms with Gasteiger partial charge in [0.1, 0.15) is 39.5 Å². The fourth-order valence-corrected chi connectivity index (χ4v) is 3.72. The number of aryl methyl sites for hydroxylation is 1. The standard InChI is InChI=1S/C18H20FN5O3S.2C2HF3O2/c1-9-14-16(22-8-23-17(14)28-15(9)18(25)26-2)24-12-4-3-10(19)5-13(12)27-11(6-20)7-21;2*3-2(4,5)1(6)7/h3-5,8,11H,6-7,20-21H2,1-2H3,(H,22,23,24);2*(H,6,7). The van der Waals surface area contributed by atoms with Crippen molar-refractivity contribution >= 4 is 51.0 Å². The predicted molar refractivity (Wildman–Crippen MR) is 133 cm³/mol. The van der Waals surface area contributed by atoms with Gasteiger partial charge in [0.2, 0.25) is 0 Å². The number of nitrogens with two attached hydrogens (primary N) is 2. The number of carboxylic acid groups (broad SMARTS) is 2. The Morgan fingerprint density at radius 2 is 1.55 bits per heavy atom. The van der Waals surface area contributed by atoms with E-state index in [0.717, 1.165) is 0 Å². The van der Waals surface area contributed by atoms with Gasteiger partial charge in [-0.2, -0.15) is 26.3 Å². The number of aliphatic carboxylic acids is 2. The van der Waals surface area contributed by atoms with Crippen LogP contribution in [0.2, 0.25) is 0 Å². The summed E-state index contributed by atoms with van der Waals surface area (Å²) in [5.41, 5.74) is 12.4. The second kappa shape index (κ2) is 15.1. The highest BCUT2D eigenvalue weighted by atomic mass is 32.1. The molecule has 7 N–H and O–H groups in total. The van der Waals surface area contributed by atoms with E-state index in [-0.39, 0.29) is 18.8 Å². The lowest BCUT2D eigenvalue weighted by Gasteiger charge is -2.19. The van der Waals surface area contributed by atoms with Gasteiger partial charge in [-0.25, -0.2) is 28.7 Å². The number of hydrogen-bond acceptors (Lipinski definition) is 11. The minimum Gasteiger partial charge on any atom is -0.485 e. The number of anilines is 2. The summed E-state index contributed by atoms with van der Waals surface area (Å²) in [6.07, 6.45) is -9.24. The number of carbonyl (C=O) groups is 3. The topological polar surface area (TPSA) is 200 Å². The molecule has 0 atom stereocenters. The number of methoxy groups -OCH3 is 1. The first kappa shape index (κ1) is 35.7. The third kappa shape index (κ3) is 10.3. The number of thiophene rings is 1. The number of aromatic nitrogens is 2. The van der Waals surface area contributed by atoms with Crippen molar-refractivity contribution in [2.45, 2.75) is 25.4 Å². The van der Waals surface area contributed by atoms with Crippen LogP contribution in [-0.2, 0) is 14.3 Å². The lowest BCUT2D eigenvalue weighted by Crippen LogP contribution is -2.34. The Morgan fingerprint density at radius 3 is 2.00 bits per heavy atom. The molecule has 0 saturated heterocycles. The van der Waals surface area contributed by atoms with Gasteiger partial charge >= 0.3 is 30.3 Å². The molecule has 0 aliphatic carbocycles. The number of rotatable bonds is 7. The van der Waals surface area contributed by atoms with Crippen molar-refractivity contribution in [1.82, 2.24) is 9.97 Å². The summed E-state index contributed by atoms with van der Waals surface area (Å²) in [6.45, 7) is 2.17. The van der Waals surface area contributed by atoms with Crippen LogP contribution in [0.5, 0.6) is 5.75 Å². The molecular weight excluding hydrogens is 611 g/mol. The zero-order valence-electron chi connectivity index (χ0n) is 21.3. The summed E-state index contributed by atoms with van der Waals surface area (Å²) >= 11 is 1.22. The van der Waals surface area contributed by atoms with Gasteiger partial charge in [0.05, 0.1) is 18.2 Å². The summed E-state index contributed by atoms with van der Waals surface area (Å²) in [5.74, 6) is -5.69. The van der Waals surface area contributed by atoms with E-state index in [1.54, 1.807) is 6.92 Å². The quantitative estimate of drug-likeness (QED) is 0.187. The highest BCUT2D eigenvalue weighted by molar-refractivity contribution is 7.20. The first-order valence-electron chi connectivity index (χ1n) is 10.9. The Hall–Kier alpha value is -4.30. The van der Waals surface area contributed by atoms with E-state index in [0.29, 0.717) is 32.2 Å². The number of hydrogen-bond donors (Lipinski definition) is 5. The molecular formula is C22H22F7N5O7S. The number of ether oxygens (including phenoxy) is 2. The molecule has 0 spiro atoms. The second-order valence-corrected chi connectivity index (χ2v) is 8.53. The van der Waals surface area contributed by atoms with Gasteiger partial charge in [-0.3, -0.25) is 0 Å². The molecule has 2 heterocycles. The summed E-state index contributed by atoms with van der Waals surface area (Å²) in [5, 5.41) is 18.1. The minimum atomic E-state index is -5.08. The number of carboxylic acids is 2. The van der Waals surface area contributed by atoms with Crippen molar-refractivity contribution in [2.75, 3.05) is 25.5 Å². The van der Waals surface area contributed by atoms with E-state index in [4.69, 9.17) is 40.7 Å². The van der Waals surface area contributed by atoms with Crippen LogP contribution in [0.1, 0.15) is 15.2 Å². The van der Waals surface area contributed by atoms with Gasteiger partial charge in [0, 0.05) is 19.2 Å². The highest BCUT2D eigenvalue weighted by Gasteiger charge is 2.38. The van der Waals surface area contributed by atoms with Crippen LogP contribution in [0, 0.1) is 12.7 Å². The molecule has 3 rings (SSSR count). The molecule has 2 aromatic heterocycles. The molecule has 0 aliphatic rings. The molecule has 0 unspecified atom stereocenters. The van der Waals surface area contributed by atoms with Gasteiger partial charge in [-0.05, 0) is 24.6 Å². The summed E-state index contributed by atoms with van der Waals surface area (Å²) in [4.78, 5) is 39.4. The number of carbonyl (C=O) groups excluding carboxylic acids is 1. The van der Waals surface area contributed by atoms with Crippen molar-refractivity contribution in [1.29, 1.82) is 0 Å². The predicted octanol–water partition coefficient (Wildman–Crippen LogP) is 3.60. The fourth-order valence-electron chi connectivity index (χ4n) is 2.65. The number of fused-ring (bicyclic) bond motifs is 1. The Balaban J connectivity index is 0.000000522. The van der Waals surface area contributed by atoms with E-state index in [1.165, 1.54) is 43.0 Å². The van der Waals surface area contributed by atoms with Crippen molar-refractivity contribution in [3.05, 3.63) is 40.8 Å². The molecule has 0 aliphatic heterocycles. The van der Waals surface area contributed by atoms with E-state index in [9.17, 15) is 35.5 Å². The maximum absolute atomic E-state index is 13.7. The number of nitrogens with zero attached hydrogens (tertiary/aromatic N) is 2. The highest BCUT2D eigenvalue weighted by Crippen LogP contribution is 2.36. The number of benzene rings is 1. The van der Waals surface area contributed by atoms with Crippen LogP contribution in [0.4, 0.5) is 42.2 Å². The summed E-state index contributed by atoms with van der Waals surface area (Å²) in [6, 6.07) is 4.08. The van der Waals surface area contributed by atoms with Crippen molar-refractivity contribution in [3.8, 4) is 5.75 Å². The first-order chi connectivity index (χ1) is 19.4. The Morgan fingerprint density at radius 1 is 1.02 bits per heavy atom. The maximum Gasteiger partial charge on any atom is 0.490 e. The number of nitrogens with one attached hydrogen (secondary N) is 1. The molecule has 1 aromatic carbocycles. The first-order valence-corrected chi connectivity index (χ1v) is 11.7. The number of halogens is 7. The van der Waals surface area contributed by atoms with E-state index >= 15 is 0 Å². The minimum absolute atomic E-state index is 0.191. The molecule has 232 valence electrons. The average molecular weight is 633 g/mol. The van der Waals surface area contributed by atoms with Crippen LogP contribution in [-0.4, -0.2) is 76.7 Å². The van der Waals surface area contributed by atoms with Gasteiger partial charge in [-0.1, -0.05) is 0 Å². The molecule has 0 amide bonds. The molecule has 42 heavy (non-hydrogen) atoms. The summed E-state index contributed by atoms with van der Waals surface area (Å²) in [7, 11) is 1.32. The smallest absolute Gasteiger partial charge is 0.485 e. The third-order valence-corrected chi connectivity index (χ3v) is 5.78. The third-order valence-electron chi connectivity index (χ3n) is 4.60. The van der Waals surface area contributed by atoms with Crippen LogP contribution < -0.4 is 21.5 Å².